The Balaban J connectivity index is 2.28. The molecule has 0 fully saturated rings. The highest BCUT2D eigenvalue weighted by Gasteiger charge is 2.01. The van der Waals surface area contributed by atoms with Crippen LogP contribution >= 0.6 is 11.6 Å². The van der Waals surface area contributed by atoms with Crippen LogP contribution in [0.1, 0.15) is 5.82 Å². The maximum absolute atomic E-state index is 5.62. The minimum atomic E-state index is 0.323. The summed E-state index contributed by atoms with van der Waals surface area (Å²) in [6.07, 6.45) is 1.64. The number of rotatable bonds is 3. The highest BCUT2D eigenvalue weighted by Crippen LogP contribution is 2.13. The minimum Gasteiger partial charge on any atom is -0.497 e. The zero-order valence-corrected chi connectivity index (χ0v) is 8.98. The van der Waals surface area contributed by atoms with Crippen LogP contribution in [0.5, 0.6) is 5.75 Å². The number of nitrogens with zero attached hydrogens (tertiary/aromatic N) is 3. The van der Waals surface area contributed by atoms with Gasteiger partial charge >= 0.3 is 0 Å². The number of methoxy groups -OCH3 is 1. The van der Waals surface area contributed by atoms with Crippen LogP contribution in [0, 0.1) is 0 Å². The molecule has 0 aliphatic heterocycles. The van der Waals surface area contributed by atoms with Crippen LogP contribution in [0.25, 0.3) is 5.69 Å². The average molecular weight is 224 g/mol. The number of ether oxygens (including phenoxy) is 1. The van der Waals surface area contributed by atoms with Gasteiger partial charge in [0.15, 0.2) is 5.82 Å². The van der Waals surface area contributed by atoms with Gasteiger partial charge in [-0.05, 0) is 24.3 Å². The Bertz CT molecular complexity index is 438. The Morgan fingerprint density at radius 3 is 2.60 bits per heavy atom. The molecule has 4 nitrogen and oxygen atoms in total. The molecule has 1 aromatic carbocycles. The summed E-state index contributed by atoms with van der Waals surface area (Å²) in [6, 6.07) is 7.56. The van der Waals surface area contributed by atoms with Crippen LogP contribution in [0.2, 0.25) is 0 Å². The molecule has 0 amide bonds. The van der Waals surface area contributed by atoms with E-state index in [-0.39, 0.29) is 0 Å². The Morgan fingerprint density at radius 2 is 2.07 bits per heavy atom. The Hall–Kier alpha value is -1.55. The number of halogens is 1. The Morgan fingerprint density at radius 1 is 1.33 bits per heavy atom. The van der Waals surface area contributed by atoms with Gasteiger partial charge < -0.3 is 4.74 Å². The van der Waals surface area contributed by atoms with Gasteiger partial charge in [0, 0.05) is 0 Å². The SMILES string of the molecule is COc1ccc(-n2cnc(CCl)n2)cc1. The topological polar surface area (TPSA) is 39.9 Å². The maximum atomic E-state index is 5.62. The lowest BCUT2D eigenvalue weighted by Gasteiger charge is -2.02. The molecule has 0 N–H and O–H groups in total. The number of benzene rings is 1. The van der Waals surface area contributed by atoms with Crippen molar-refractivity contribution in [1.29, 1.82) is 0 Å². The van der Waals surface area contributed by atoms with Gasteiger partial charge in [0.2, 0.25) is 0 Å². The molecule has 0 spiro atoms. The molecule has 5 heteroatoms. The fourth-order valence-corrected chi connectivity index (χ4v) is 1.34. The molecule has 0 unspecified atom stereocenters. The summed E-state index contributed by atoms with van der Waals surface area (Å²) in [4.78, 5) is 4.04. The highest BCUT2D eigenvalue weighted by atomic mass is 35.5. The fraction of sp³-hybridized carbons (Fsp3) is 0.200. The van der Waals surface area contributed by atoms with E-state index in [1.54, 1.807) is 18.1 Å². The van der Waals surface area contributed by atoms with Crippen molar-refractivity contribution < 1.29 is 4.74 Å². The van der Waals surface area contributed by atoms with Gasteiger partial charge in [-0.15, -0.1) is 11.6 Å². The van der Waals surface area contributed by atoms with Crippen LogP contribution in [0.4, 0.5) is 0 Å². The normalized spacial score (nSPS) is 10.3. The van der Waals surface area contributed by atoms with E-state index in [0.717, 1.165) is 11.4 Å². The molecule has 1 aromatic heterocycles. The van der Waals surface area contributed by atoms with Crippen LogP contribution in [0.15, 0.2) is 30.6 Å². The monoisotopic (exact) mass is 223 g/mol. The lowest BCUT2D eigenvalue weighted by atomic mass is 10.3. The van der Waals surface area contributed by atoms with Crippen LogP contribution < -0.4 is 4.74 Å². The first-order chi connectivity index (χ1) is 7.33. The van der Waals surface area contributed by atoms with Gasteiger partial charge in [0.05, 0.1) is 18.7 Å². The first-order valence-corrected chi connectivity index (χ1v) is 4.98. The van der Waals surface area contributed by atoms with Gasteiger partial charge in [-0.25, -0.2) is 9.67 Å². The van der Waals surface area contributed by atoms with E-state index in [2.05, 4.69) is 10.1 Å². The van der Waals surface area contributed by atoms with E-state index in [4.69, 9.17) is 16.3 Å². The molecule has 15 heavy (non-hydrogen) atoms. The summed E-state index contributed by atoms with van der Waals surface area (Å²) in [5.74, 6) is 1.76. The second-order valence-corrected chi connectivity index (χ2v) is 3.20. The molecule has 1 heterocycles. The van der Waals surface area contributed by atoms with E-state index < -0.39 is 0 Å². The summed E-state index contributed by atoms with van der Waals surface area (Å²) < 4.78 is 6.74. The summed E-state index contributed by atoms with van der Waals surface area (Å²) in [7, 11) is 1.63. The van der Waals surface area contributed by atoms with Crippen LogP contribution in [-0.4, -0.2) is 21.9 Å². The second-order valence-electron chi connectivity index (χ2n) is 2.94. The molecule has 0 atom stereocenters. The smallest absolute Gasteiger partial charge is 0.165 e. The standard InChI is InChI=1S/C10H10ClN3O/c1-15-9-4-2-8(3-5-9)14-7-12-10(6-11)13-14/h2-5,7H,6H2,1H3. The fourth-order valence-electron chi connectivity index (χ4n) is 1.22. The number of aromatic nitrogens is 3. The molecular formula is C10H10ClN3O. The average Bonchev–Trinajstić information content (AvgIpc) is 2.78. The van der Waals surface area contributed by atoms with E-state index in [1.807, 2.05) is 24.3 Å². The van der Waals surface area contributed by atoms with Crippen molar-refractivity contribution in [2.24, 2.45) is 0 Å². The third-order valence-electron chi connectivity index (χ3n) is 2.00. The van der Waals surface area contributed by atoms with Crippen molar-refractivity contribution in [3.63, 3.8) is 0 Å². The van der Waals surface area contributed by atoms with Crippen LogP contribution in [0.3, 0.4) is 0 Å². The van der Waals surface area contributed by atoms with Crippen molar-refractivity contribution in [2.75, 3.05) is 7.11 Å². The largest absolute Gasteiger partial charge is 0.497 e. The maximum Gasteiger partial charge on any atom is 0.165 e. The van der Waals surface area contributed by atoms with Gasteiger partial charge in [0.1, 0.15) is 12.1 Å². The molecule has 2 aromatic rings. The Kier molecular flexibility index (Phi) is 2.87. The zero-order valence-electron chi connectivity index (χ0n) is 8.22. The van der Waals surface area contributed by atoms with Crippen molar-refractivity contribution in [3.8, 4) is 11.4 Å². The summed E-state index contributed by atoms with van der Waals surface area (Å²) in [5.41, 5.74) is 0.930. The van der Waals surface area contributed by atoms with E-state index in [1.165, 1.54) is 0 Å². The first kappa shape index (κ1) is 9.98. The van der Waals surface area contributed by atoms with Gasteiger partial charge in [-0.3, -0.25) is 0 Å². The summed E-state index contributed by atoms with van der Waals surface area (Å²) >= 11 is 5.62. The third kappa shape index (κ3) is 2.10. The van der Waals surface area contributed by atoms with Gasteiger partial charge in [-0.1, -0.05) is 0 Å². The predicted molar refractivity (Wildman–Crippen MR) is 57.5 cm³/mol. The minimum absolute atomic E-state index is 0.323. The van der Waals surface area contributed by atoms with Crippen molar-refractivity contribution in [3.05, 3.63) is 36.4 Å². The quantitative estimate of drug-likeness (QED) is 0.748. The lowest BCUT2D eigenvalue weighted by Crippen LogP contribution is -1.95. The molecule has 0 radical (unpaired) electrons. The molecule has 0 bridgehead atoms. The zero-order chi connectivity index (χ0) is 10.7. The molecule has 78 valence electrons. The highest BCUT2D eigenvalue weighted by molar-refractivity contribution is 6.16. The molecule has 0 aliphatic carbocycles. The summed E-state index contributed by atoms with van der Waals surface area (Å²) in [5, 5.41) is 4.19. The molecular weight excluding hydrogens is 214 g/mol. The third-order valence-corrected chi connectivity index (χ3v) is 2.23. The van der Waals surface area contributed by atoms with E-state index in [0.29, 0.717) is 11.7 Å². The van der Waals surface area contributed by atoms with Crippen molar-refractivity contribution in [1.82, 2.24) is 14.8 Å². The summed E-state index contributed by atoms with van der Waals surface area (Å²) in [6.45, 7) is 0. The predicted octanol–water partition coefficient (Wildman–Crippen LogP) is 2.01. The van der Waals surface area contributed by atoms with Crippen molar-refractivity contribution >= 4 is 11.6 Å². The van der Waals surface area contributed by atoms with Crippen LogP contribution in [-0.2, 0) is 5.88 Å². The molecule has 2 rings (SSSR count). The van der Waals surface area contributed by atoms with E-state index >= 15 is 0 Å². The van der Waals surface area contributed by atoms with Crippen molar-refractivity contribution in [2.45, 2.75) is 5.88 Å². The number of hydrogen-bond acceptors (Lipinski definition) is 3. The molecule has 0 aliphatic rings. The molecule has 0 saturated carbocycles. The lowest BCUT2D eigenvalue weighted by molar-refractivity contribution is 0.414. The molecule has 0 saturated heterocycles. The number of alkyl halides is 1. The van der Waals surface area contributed by atoms with Gasteiger partial charge in [0.25, 0.3) is 0 Å². The van der Waals surface area contributed by atoms with Gasteiger partial charge in [-0.2, -0.15) is 5.10 Å². The second kappa shape index (κ2) is 4.31. The van der Waals surface area contributed by atoms with E-state index in [9.17, 15) is 0 Å². The Labute approximate surface area is 92.5 Å². The first-order valence-electron chi connectivity index (χ1n) is 4.44. The number of hydrogen-bond donors (Lipinski definition) is 0.